The predicted octanol–water partition coefficient (Wildman–Crippen LogP) is 1.23. The van der Waals surface area contributed by atoms with Crippen LogP contribution in [0.4, 0.5) is 18.9 Å². The van der Waals surface area contributed by atoms with E-state index in [-0.39, 0.29) is 6.67 Å². The van der Waals surface area contributed by atoms with Gasteiger partial charge in [0.05, 0.1) is 18.6 Å². The first kappa shape index (κ1) is 20.2. The average Bonchev–Trinajstić information content (AvgIpc) is 3.11. The molecule has 2 aromatic heterocycles. The monoisotopic (exact) mass is 422 g/mol. The van der Waals surface area contributed by atoms with E-state index >= 15 is 0 Å². The van der Waals surface area contributed by atoms with Crippen LogP contribution in [-0.4, -0.2) is 49.8 Å². The summed E-state index contributed by atoms with van der Waals surface area (Å²) in [7, 11) is 3.26. The molecular weight excluding hydrogens is 401 g/mol. The minimum atomic E-state index is -4.39. The van der Waals surface area contributed by atoms with Gasteiger partial charge in [0.25, 0.3) is 5.56 Å². The topological polar surface area (TPSA) is 68.3 Å². The van der Waals surface area contributed by atoms with Crippen LogP contribution in [0.25, 0.3) is 11.2 Å². The van der Waals surface area contributed by atoms with Crippen molar-refractivity contribution in [3.05, 3.63) is 57.0 Å². The second-order valence-corrected chi connectivity index (χ2v) is 7.40. The lowest BCUT2D eigenvalue weighted by Crippen LogP contribution is -2.50. The molecule has 1 aliphatic heterocycles. The minimum absolute atomic E-state index is 0.114. The van der Waals surface area contributed by atoms with E-state index in [1.807, 2.05) is 9.80 Å². The summed E-state index contributed by atoms with van der Waals surface area (Å²) in [6, 6.07) is 5.25. The van der Waals surface area contributed by atoms with E-state index in [0.717, 1.165) is 12.1 Å². The predicted molar refractivity (Wildman–Crippen MR) is 105 cm³/mol. The molecule has 30 heavy (non-hydrogen) atoms. The molecule has 0 radical (unpaired) electrons. The van der Waals surface area contributed by atoms with Gasteiger partial charge in [0.1, 0.15) is 0 Å². The third-order valence-corrected chi connectivity index (χ3v) is 5.45. The van der Waals surface area contributed by atoms with E-state index in [2.05, 4.69) is 4.98 Å². The number of hydrogen-bond donors (Lipinski definition) is 0. The van der Waals surface area contributed by atoms with Crippen LogP contribution in [0.3, 0.4) is 0 Å². The van der Waals surface area contributed by atoms with E-state index in [1.54, 1.807) is 24.7 Å². The summed E-state index contributed by atoms with van der Waals surface area (Å²) in [5.74, 6) is 0. The van der Waals surface area contributed by atoms with Gasteiger partial charge in [0.2, 0.25) is 0 Å². The molecule has 0 aliphatic carbocycles. The number of benzene rings is 1. The number of nitrogens with zero attached hydrogens (tertiary/aromatic N) is 6. The van der Waals surface area contributed by atoms with Crippen LogP contribution in [0.15, 0.2) is 40.2 Å². The van der Waals surface area contributed by atoms with E-state index in [4.69, 9.17) is 0 Å². The van der Waals surface area contributed by atoms with Crippen molar-refractivity contribution in [3.8, 4) is 0 Å². The largest absolute Gasteiger partial charge is 0.416 e. The van der Waals surface area contributed by atoms with Gasteiger partial charge >= 0.3 is 11.9 Å². The number of imidazole rings is 1. The molecule has 0 amide bonds. The highest BCUT2D eigenvalue weighted by molar-refractivity contribution is 5.69. The first-order valence-corrected chi connectivity index (χ1v) is 9.42. The fraction of sp³-hybridized carbons (Fsp3) is 0.421. The van der Waals surface area contributed by atoms with Crippen LogP contribution in [0.5, 0.6) is 0 Å². The van der Waals surface area contributed by atoms with Gasteiger partial charge in [0, 0.05) is 46.0 Å². The molecular formula is C19H21F3N6O2. The number of halogens is 3. The van der Waals surface area contributed by atoms with Crippen molar-refractivity contribution in [1.82, 2.24) is 23.6 Å². The molecule has 0 unspecified atom stereocenters. The molecule has 4 rings (SSSR count). The Hall–Kier alpha value is -3.08. The Balaban J connectivity index is 1.52. The van der Waals surface area contributed by atoms with Gasteiger partial charge < -0.3 is 9.47 Å². The van der Waals surface area contributed by atoms with Crippen molar-refractivity contribution in [1.29, 1.82) is 0 Å². The molecule has 3 heterocycles. The highest BCUT2D eigenvalue weighted by Gasteiger charge is 2.31. The zero-order valence-electron chi connectivity index (χ0n) is 16.6. The second-order valence-electron chi connectivity index (χ2n) is 7.40. The number of piperazine rings is 1. The molecule has 0 spiro atoms. The summed E-state index contributed by atoms with van der Waals surface area (Å²) in [4.78, 5) is 33.4. The maximum Gasteiger partial charge on any atom is 0.416 e. The first-order chi connectivity index (χ1) is 14.2. The number of anilines is 1. The smallest absolute Gasteiger partial charge is 0.369 e. The Kier molecular flexibility index (Phi) is 4.92. The average molecular weight is 422 g/mol. The second kappa shape index (κ2) is 7.31. The standard InChI is InChI=1S/C19H21F3N6O2/c1-24-11-23-16-15(24)17(29)28(18(30)25(16)2)12-26-6-8-27(9-7-26)14-5-3-4-13(10-14)19(20,21)22/h3-5,10-11H,6-9,12H2,1-2H3. The molecule has 0 atom stereocenters. The summed E-state index contributed by atoms with van der Waals surface area (Å²) in [6.07, 6.45) is -2.90. The Morgan fingerprint density at radius 3 is 2.43 bits per heavy atom. The van der Waals surface area contributed by atoms with Crippen molar-refractivity contribution >= 4 is 16.9 Å². The Labute approximate surface area is 169 Å². The molecule has 11 heteroatoms. The number of fused-ring (bicyclic) bond motifs is 1. The van der Waals surface area contributed by atoms with Crippen LogP contribution < -0.4 is 16.1 Å². The SMILES string of the molecule is Cn1cnc2c1c(=O)n(CN1CCN(c3cccc(C(F)(F)F)c3)CC1)c(=O)n2C. The maximum absolute atomic E-state index is 13.0. The number of aryl methyl sites for hydroxylation is 2. The van der Waals surface area contributed by atoms with Crippen LogP contribution in [-0.2, 0) is 26.9 Å². The molecule has 1 aromatic carbocycles. The quantitative estimate of drug-likeness (QED) is 0.635. The van der Waals surface area contributed by atoms with Crippen LogP contribution in [0.1, 0.15) is 5.56 Å². The number of alkyl halides is 3. The molecule has 0 N–H and O–H groups in total. The fourth-order valence-corrected chi connectivity index (χ4v) is 3.75. The Morgan fingerprint density at radius 2 is 1.77 bits per heavy atom. The number of hydrogen-bond acceptors (Lipinski definition) is 5. The van der Waals surface area contributed by atoms with E-state index in [9.17, 15) is 22.8 Å². The molecule has 160 valence electrons. The van der Waals surface area contributed by atoms with Gasteiger partial charge in [-0.15, -0.1) is 0 Å². The molecule has 1 fully saturated rings. The van der Waals surface area contributed by atoms with Crippen LogP contribution in [0, 0.1) is 0 Å². The zero-order valence-corrected chi connectivity index (χ0v) is 16.6. The third-order valence-electron chi connectivity index (χ3n) is 5.45. The Morgan fingerprint density at radius 1 is 1.07 bits per heavy atom. The van der Waals surface area contributed by atoms with Gasteiger partial charge in [-0.1, -0.05) is 6.07 Å². The summed E-state index contributed by atoms with van der Waals surface area (Å²) < 4.78 is 43.0. The minimum Gasteiger partial charge on any atom is -0.369 e. The highest BCUT2D eigenvalue weighted by Crippen LogP contribution is 2.31. The fourth-order valence-electron chi connectivity index (χ4n) is 3.75. The van der Waals surface area contributed by atoms with Gasteiger partial charge in [-0.3, -0.25) is 14.3 Å². The molecule has 1 aliphatic rings. The lowest BCUT2D eigenvalue weighted by atomic mass is 10.1. The maximum atomic E-state index is 13.0. The zero-order chi connectivity index (χ0) is 21.6. The van der Waals surface area contributed by atoms with E-state index in [0.29, 0.717) is 43.0 Å². The van der Waals surface area contributed by atoms with Crippen LogP contribution >= 0.6 is 0 Å². The lowest BCUT2D eigenvalue weighted by Gasteiger charge is -2.36. The van der Waals surface area contributed by atoms with Gasteiger partial charge in [-0.2, -0.15) is 13.2 Å². The summed E-state index contributed by atoms with van der Waals surface area (Å²) in [5, 5.41) is 0. The third kappa shape index (κ3) is 3.49. The van der Waals surface area contributed by atoms with Crippen molar-refractivity contribution in [2.45, 2.75) is 12.8 Å². The molecule has 8 nitrogen and oxygen atoms in total. The van der Waals surface area contributed by atoms with E-state index in [1.165, 1.54) is 21.5 Å². The van der Waals surface area contributed by atoms with Gasteiger partial charge in [0.15, 0.2) is 11.2 Å². The summed E-state index contributed by atoms with van der Waals surface area (Å²) >= 11 is 0. The summed E-state index contributed by atoms with van der Waals surface area (Å²) in [6.45, 7) is 2.11. The number of rotatable bonds is 3. The highest BCUT2D eigenvalue weighted by atomic mass is 19.4. The molecule has 0 bridgehead atoms. The van der Waals surface area contributed by atoms with Gasteiger partial charge in [-0.25, -0.2) is 14.3 Å². The normalized spacial score (nSPS) is 15.8. The van der Waals surface area contributed by atoms with Crippen molar-refractivity contribution in [2.24, 2.45) is 14.1 Å². The van der Waals surface area contributed by atoms with Crippen LogP contribution in [0.2, 0.25) is 0 Å². The first-order valence-electron chi connectivity index (χ1n) is 9.42. The Bertz CT molecular complexity index is 1200. The molecule has 1 saturated heterocycles. The molecule has 0 saturated carbocycles. The van der Waals surface area contributed by atoms with Crippen molar-refractivity contribution < 1.29 is 13.2 Å². The van der Waals surface area contributed by atoms with Gasteiger partial charge in [-0.05, 0) is 18.2 Å². The summed E-state index contributed by atoms with van der Waals surface area (Å²) in [5.41, 5.74) is -0.353. The molecule has 3 aromatic rings. The van der Waals surface area contributed by atoms with Crippen molar-refractivity contribution in [2.75, 3.05) is 31.1 Å². The lowest BCUT2D eigenvalue weighted by molar-refractivity contribution is -0.137. The number of aromatic nitrogens is 4. The van der Waals surface area contributed by atoms with Crippen molar-refractivity contribution in [3.63, 3.8) is 0 Å². The van der Waals surface area contributed by atoms with E-state index < -0.39 is 23.0 Å².